The molecule has 1 rings (SSSR count). The van der Waals surface area contributed by atoms with Gasteiger partial charge in [0.1, 0.15) is 0 Å². The molecule has 0 bridgehead atoms. The van der Waals surface area contributed by atoms with E-state index in [1.54, 1.807) is 12.1 Å². The number of carboxylic acids is 1. The van der Waals surface area contributed by atoms with Gasteiger partial charge in [0.2, 0.25) is 0 Å². The molecule has 0 fully saturated rings. The van der Waals surface area contributed by atoms with Crippen LogP contribution >= 0.6 is 0 Å². The van der Waals surface area contributed by atoms with Gasteiger partial charge in [-0.3, -0.25) is 0 Å². The molecule has 4 heteroatoms. The maximum absolute atomic E-state index is 10.9. The summed E-state index contributed by atoms with van der Waals surface area (Å²) in [7, 11) is 6.25. The minimum absolute atomic E-state index is 0.358. The first-order chi connectivity index (χ1) is 8.90. The molecule has 0 aliphatic heterocycles. The van der Waals surface area contributed by atoms with Crippen LogP contribution in [0.15, 0.2) is 18.2 Å². The van der Waals surface area contributed by atoms with Crippen molar-refractivity contribution in [2.45, 2.75) is 19.9 Å². The third kappa shape index (κ3) is 5.41. The molecule has 0 radical (unpaired) electrons. The summed E-state index contributed by atoms with van der Waals surface area (Å²) in [6.07, 6.45) is 1.13. The highest BCUT2D eigenvalue weighted by Gasteiger charge is 2.07. The van der Waals surface area contributed by atoms with Crippen molar-refractivity contribution in [3.05, 3.63) is 34.9 Å². The predicted octanol–water partition coefficient (Wildman–Crippen LogP) is 2.08. The fourth-order valence-corrected chi connectivity index (χ4v) is 2.03. The van der Waals surface area contributed by atoms with E-state index in [-0.39, 0.29) is 0 Å². The van der Waals surface area contributed by atoms with Gasteiger partial charge in [-0.05, 0) is 70.8 Å². The van der Waals surface area contributed by atoms with Gasteiger partial charge in [0.05, 0.1) is 5.56 Å². The lowest BCUT2D eigenvalue weighted by Gasteiger charge is -2.19. The standard InChI is InChI=1S/C15H24N2O2/c1-12-10-13(15(18)19)6-7-14(12)11-17(4)9-5-8-16(2)3/h6-7,10H,5,8-9,11H2,1-4H3,(H,18,19). The van der Waals surface area contributed by atoms with Gasteiger partial charge >= 0.3 is 5.97 Å². The molecule has 0 saturated heterocycles. The maximum Gasteiger partial charge on any atom is 0.335 e. The van der Waals surface area contributed by atoms with Crippen LogP contribution in [0.1, 0.15) is 27.9 Å². The van der Waals surface area contributed by atoms with Crippen LogP contribution in [0.4, 0.5) is 0 Å². The normalized spacial score (nSPS) is 11.3. The van der Waals surface area contributed by atoms with Crippen molar-refractivity contribution in [2.24, 2.45) is 0 Å². The molecule has 0 aromatic heterocycles. The van der Waals surface area contributed by atoms with Crippen LogP contribution in [0.25, 0.3) is 0 Å². The minimum atomic E-state index is -0.867. The summed E-state index contributed by atoms with van der Waals surface area (Å²) in [6, 6.07) is 5.34. The molecule has 0 aliphatic carbocycles. The van der Waals surface area contributed by atoms with E-state index in [2.05, 4.69) is 30.9 Å². The molecule has 0 aliphatic rings. The summed E-state index contributed by atoms with van der Waals surface area (Å²) >= 11 is 0. The number of aromatic carboxylic acids is 1. The average Bonchev–Trinajstić information content (AvgIpc) is 2.31. The summed E-state index contributed by atoms with van der Waals surface area (Å²) in [4.78, 5) is 15.3. The molecule has 0 spiro atoms. The van der Waals surface area contributed by atoms with Crippen LogP contribution in [-0.2, 0) is 6.54 Å². The Labute approximate surface area is 115 Å². The SMILES string of the molecule is Cc1cc(C(=O)O)ccc1CN(C)CCCN(C)C. The quantitative estimate of drug-likeness (QED) is 0.819. The molecule has 0 heterocycles. The Morgan fingerprint density at radius 1 is 1.21 bits per heavy atom. The van der Waals surface area contributed by atoms with Gasteiger partial charge in [-0.15, -0.1) is 0 Å². The number of carbonyl (C=O) groups is 1. The highest BCUT2D eigenvalue weighted by Crippen LogP contribution is 2.13. The second-order valence-electron chi connectivity index (χ2n) is 5.34. The molecule has 1 N–H and O–H groups in total. The lowest BCUT2D eigenvalue weighted by molar-refractivity contribution is 0.0696. The van der Waals surface area contributed by atoms with E-state index >= 15 is 0 Å². The van der Waals surface area contributed by atoms with Gasteiger partial charge in [0.25, 0.3) is 0 Å². The van der Waals surface area contributed by atoms with Crippen molar-refractivity contribution >= 4 is 5.97 Å². The van der Waals surface area contributed by atoms with E-state index in [4.69, 9.17) is 5.11 Å². The zero-order valence-electron chi connectivity index (χ0n) is 12.3. The van der Waals surface area contributed by atoms with E-state index in [9.17, 15) is 4.79 Å². The number of nitrogens with zero attached hydrogens (tertiary/aromatic N) is 2. The van der Waals surface area contributed by atoms with E-state index < -0.39 is 5.97 Å². The summed E-state index contributed by atoms with van der Waals surface area (Å²) < 4.78 is 0. The Balaban J connectivity index is 2.54. The van der Waals surface area contributed by atoms with Gasteiger partial charge in [-0.2, -0.15) is 0 Å². The van der Waals surface area contributed by atoms with Crippen LogP contribution in [0.5, 0.6) is 0 Å². The van der Waals surface area contributed by atoms with Gasteiger partial charge < -0.3 is 14.9 Å². The molecule has 4 nitrogen and oxygen atoms in total. The van der Waals surface area contributed by atoms with E-state index in [0.717, 1.165) is 31.6 Å². The number of carboxylic acid groups (broad SMARTS) is 1. The smallest absolute Gasteiger partial charge is 0.335 e. The Morgan fingerprint density at radius 2 is 1.89 bits per heavy atom. The Morgan fingerprint density at radius 3 is 2.42 bits per heavy atom. The number of benzene rings is 1. The summed E-state index contributed by atoms with van der Waals surface area (Å²) in [5.41, 5.74) is 2.59. The van der Waals surface area contributed by atoms with Crippen molar-refractivity contribution in [2.75, 3.05) is 34.2 Å². The first-order valence-corrected chi connectivity index (χ1v) is 6.56. The first kappa shape index (κ1) is 15.7. The minimum Gasteiger partial charge on any atom is -0.478 e. The monoisotopic (exact) mass is 264 g/mol. The zero-order valence-corrected chi connectivity index (χ0v) is 12.3. The Kier molecular flexibility index (Phi) is 5.99. The van der Waals surface area contributed by atoms with Crippen LogP contribution in [0, 0.1) is 6.92 Å². The highest BCUT2D eigenvalue weighted by atomic mass is 16.4. The summed E-state index contributed by atoms with van der Waals surface area (Å²) in [5.74, 6) is -0.867. The number of hydrogen-bond acceptors (Lipinski definition) is 3. The van der Waals surface area contributed by atoms with Crippen LogP contribution < -0.4 is 0 Å². The van der Waals surface area contributed by atoms with Crippen LogP contribution in [0.3, 0.4) is 0 Å². The predicted molar refractivity (Wildman–Crippen MR) is 77.6 cm³/mol. The molecule has 1 aromatic rings. The highest BCUT2D eigenvalue weighted by molar-refractivity contribution is 5.87. The first-order valence-electron chi connectivity index (χ1n) is 6.56. The van der Waals surface area contributed by atoms with E-state index in [1.807, 2.05) is 13.0 Å². The van der Waals surface area contributed by atoms with Crippen molar-refractivity contribution < 1.29 is 9.90 Å². The second kappa shape index (κ2) is 7.26. The molecule has 106 valence electrons. The van der Waals surface area contributed by atoms with Crippen molar-refractivity contribution in [3.8, 4) is 0 Å². The van der Waals surface area contributed by atoms with Crippen molar-refractivity contribution in [1.82, 2.24) is 9.80 Å². The molecular weight excluding hydrogens is 240 g/mol. The number of hydrogen-bond donors (Lipinski definition) is 1. The average molecular weight is 264 g/mol. The van der Waals surface area contributed by atoms with Gasteiger partial charge in [-0.25, -0.2) is 4.79 Å². The fraction of sp³-hybridized carbons (Fsp3) is 0.533. The maximum atomic E-state index is 10.9. The number of aryl methyl sites for hydroxylation is 1. The Bertz CT molecular complexity index is 430. The molecule has 0 saturated carbocycles. The lowest BCUT2D eigenvalue weighted by Crippen LogP contribution is -2.23. The van der Waals surface area contributed by atoms with Gasteiger partial charge in [0, 0.05) is 6.54 Å². The summed E-state index contributed by atoms with van der Waals surface area (Å²) in [6.45, 7) is 4.95. The Hall–Kier alpha value is -1.39. The van der Waals surface area contributed by atoms with Gasteiger partial charge in [-0.1, -0.05) is 6.07 Å². The van der Waals surface area contributed by atoms with Crippen molar-refractivity contribution in [3.63, 3.8) is 0 Å². The molecule has 0 atom stereocenters. The summed E-state index contributed by atoms with van der Waals surface area (Å²) in [5, 5.41) is 8.94. The molecule has 0 unspecified atom stereocenters. The lowest BCUT2D eigenvalue weighted by atomic mass is 10.0. The second-order valence-corrected chi connectivity index (χ2v) is 5.34. The van der Waals surface area contributed by atoms with E-state index in [1.165, 1.54) is 5.56 Å². The molecule has 0 amide bonds. The third-order valence-electron chi connectivity index (χ3n) is 3.17. The van der Waals surface area contributed by atoms with Gasteiger partial charge in [0.15, 0.2) is 0 Å². The van der Waals surface area contributed by atoms with Crippen LogP contribution in [0.2, 0.25) is 0 Å². The fourth-order valence-electron chi connectivity index (χ4n) is 2.03. The van der Waals surface area contributed by atoms with E-state index in [0.29, 0.717) is 5.56 Å². The molecule has 1 aromatic carbocycles. The van der Waals surface area contributed by atoms with Crippen LogP contribution in [-0.4, -0.2) is 55.1 Å². The third-order valence-corrected chi connectivity index (χ3v) is 3.17. The number of rotatable bonds is 7. The molecular formula is C15H24N2O2. The topological polar surface area (TPSA) is 43.8 Å². The van der Waals surface area contributed by atoms with Crippen molar-refractivity contribution in [1.29, 1.82) is 0 Å². The zero-order chi connectivity index (χ0) is 14.4. The largest absolute Gasteiger partial charge is 0.478 e. The molecule has 19 heavy (non-hydrogen) atoms.